The summed E-state index contributed by atoms with van der Waals surface area (Å²) in [5, 5.41) is 12.1. The Hall–Kier alpha value is -3.16. The van der Waals surface area contributed by atoms with E-state index >= 15 is 0 Å². The van der Waals surface area contributed by atoms with Crippen LogP contribution in [0.5, 0.6) is 5.88 Å². The van der Waals surface area contributed by atoms with Gasteiger partial charge in [-0.25, -0.2) is 5.10 Å². The number of nitrogens with two attached hydrogens (primary N) is 1. The molecule has 4 rings (SSSR count). The molecule has 0 aliphatic carbocycles. The summed E-state index contributed by atoms with van der Waals surface area (Å²) in [6.07, 6.45) is 6.00. The van der Waals surface area contributed by atoms with Crippen molar-refractivity contribution < 1.29 is 4.74 Å². The molecule has 3 heterocycles. The van der Waals surface area contributed by atoms with Crippen molar-refractivity contribution in [3.63, 3.8) is 0 Å². The second-order valence-electron chi connectivity index (χ2n) is 8.58. The minimum absolute atomic E-state index is 0.0320. The minimum Gasteiger partial charge on any atom is -0.473 e. The number of allylic oxidation sites excluding steroid dienone is 2. The summed E-state index contributed by atoms with van der Waals surface area (Å²) in [5.41, 5.74) is 14.3. The number of aryl methyl sites for hydroxylation is 1. The molecule has 1 aliphatic heterocycles. The summed E-state index contributed by atoms with van der Waals surface area (Å²) < 4.78 is 8.25. The van der Waals surface area contributed by atoms with Gasteiger partial charge in [0.1, 0.15) is 6.10 Å². The first-order chi connectivity index (χ1) is 15.4. The first kappa shape index (κ1) is 22.0. The molecule has 0 amide bonds. The summed E-state index contributed by atoms with van der Waals surface area (Å²) in [5.74, 6) is 0.681. The van der Waals surface area contributed by atoms with Crippen molar-refractivity contribution in [2.24, 2.45) is 5.73 Å². The van der Waals surface area contributed by atoms with Crippen LogP contribution < -0.4 is 10.5 Å². The lowest BCUT2D eigenvalue weighted by Gasteiger charge is -2.21. The van der Waals surface area contributed by atoms with Crippen molar-refractivity contribution in [3.05, 3.63) is 65.1 Å². The van der Waals surface area contributed by atoms with Gasteiger partial charge in [0.15, 0.2) is 0 Å². The summed E-state index contributed by atoms with van der Waals surface area (Å²) in [6.45, 7) is 13.3. The van der Waals surface area contributed by atoms with Crippen LogP contribution in [-0.2, 0) is 13.1 Å². The SMILES string of the molecule is C=C1/C=C/c2c(nn(CCN)c2C)CN(C)C[C@H](C)Oc2[nH]ncc2-c2ccc(C)c1c2. The minimum atomic E-state index is -0.0320. The van der Waals surface area contributed by atoms with Crippen LogP contribution in [0.4, 0.5) is 0 Å². The number of likely N-dealkylation sites (N-methyl/N-ethyl adjacent to an activating group) is 1. The highest BCUT2D eigenvalue weighted by atomic mass is 16.5. The van der Waals surface area contributed by atoms with Gasteiger partial charge in [-0.15, -0.1) is 0 Å². The van der Waals surface area contributed by atoms with Gasteiger partial charge in [0.25, 0.3) is 0 Å². The average Bonchev–Trinajstić information content (AvgIpc) is 3.31. The standard InChI is InChI=1S/C25H32N6O/c1-16-6-8-20-12-22(16)17(2)7-9-21-19(4)31(11-10-26)29-24(21)15-30(5)14-18(3)32-25-23(20)13-27-28-25/h6-9,12-13,18H,2,10-11,14-15,26H2,1,3-5H3,(H,27,28)/b9-7+/t18-/m0/s1. The third-order valence-electron chi connectivity index (χ3n) is 5.93. The Morgan fingerprint density at radius 3 is 2.84 bits per heavy atom. The number of benzene rings is 1. The maximum Gasteiger partial charge on any atom is 0.217 e. The number of hydrogen-bond acceptors (Lipinski definition) is 5. The van der Waals surface area contributed by atoms with E-state index in [1.165, 1.54) is 5.56 Å². The lowest BCUT2D eigenvalue weighted by atomic mass is 9.96. The summed E-state index contributed by atoms with van der Waals surface area (Å²) in [4.78, 5) is 2.23. The molecule has 2 aromatic heterocycles. The topological polar surface area (TPSA) is 85.0 Å². The number of fused-ring (bicyclic) bond motifs is 5. The molecule has 1 atom stereocenters. The van der Waals surface area contributed by atoms with E-state index in [4.69, 9.17) is 15.6 Å². The molecule has 3 N–H and O–H groups in total. The van der Waals surface area contributed by atoms with E-state index in [1.807, 2.05) is 10.9 Å². The van der Waals surface area contributed by atoms with Gasteiger partial charge in [0.2, 0.25) is 5.88 Å². The van der Waals surface area contributed by atoms with E-state index in [9.17, 15) is 0 Å². The van der Waals surface area contributed by atoms with Crippen LogP contribution in [0.25, 0.3) is 22.8 Å². The number of hydrogen-bond donors (Lipinski definition) is 2. The Bertz CT molecular complexity index is 1160. The van der Waals surface area contributed by atoms with E-state index in [1.54, 1.807) is 0 Å². The van der Waals surface area contributed by atoms with Gasteiger partial charge in [-0.3, -0.25) is 9.58 Å². The Balaban J connectivity index is 1.82. The third-order valence-corrected chi connectivity index (χ3v) is 5.93. The monoisotopic (exact) mass is 432 g/mol. The van der Waals surface area contributed by atoms with E-state index in [-0.39, 0.29) is 6.10 Å². The highest BCUT2D eigenvalue weighted by Crippen LogP contribution is 2.32. The molecule has 168 valence electrons. The zero-order valence-electron chi connectivity index (χ0n) is 19.4. The highest BCUT2D eigenvalue weighted by molar-refractivity contribution is 5.82. The Morgan fingerprint density at radius 2 is 2.06 bits per heavy atom. The molecule has 0 spiro atoms. The van der Waals surface area contributed by atoms with Gasteiger partial charge in [-0.2, -0.15) is 10.2 Å². The molecule has 1 aromatic carbocycles. The van der Waals surface area contributed by atoms with Crippen molar-refractivity contribution in [1.29, 1.82) is 0 Å². The van der Waals surface area contributed by atoms with Crippen LogP contribution >= 0.6 is 0 Å². The van der Waals surface area contributed by atoms with Crippen LogP contribution in [0.2, 0.25) is 0 Å². The maximum atomic E-state index is 6.25. The number of H-pyrrole nitrogens is 1. The van der Waals surface area contributed by atoms with Crippen molar-refractivity contribution in [2.45, 2.75) is 40.0 Å². The van der Waals surface area contributed by atoms with Crippen LogP contribution in [0, 0.1) is 13.8 Å². The highest BCUT2D eigenvalue weighted by Gasteiger charge is 2.19. The molecule has 1 aliphatic rings. The van der Waals surface area contributed by atoms with Gasteiger partial charge in [-0.1, -0.05) is 30.9 Å². The molecule has 0 saturated heterocycles. The number of ether oxygens (including phenoxy) is 1. The van der Waals surface area contributed by atoms with Crippen LogP contribution in [0.3, 0.4) is 0 Å². The molecular formula is C25H32N6O. The van der Waals surface area contributed by atoms with Gasteiger partial charge in [0, 0.05) is 30.9 Å². The molecule has 32 heavy (non-hydrogen) atoms. The van der Waals surface area contributed by atoms with Crippen LogP contribution in [0.15, 0.2) is 37.1 Å². The lowest BCUT2D eigenvalue weighted by Crippen LogP contribution is -2.31. The van der Waals surface area contributed by atoms with E-state index in [0.717, 1.165) is 45.8 Å². The predicted octanol–water partition coefficient (Wildman–Crippen LogP) is 3.79. The second kappa shape index (κ2) is 9.14. The van der Waals surface area contributed by atoms with Crippen molar-refractivity contribution in [3.8, 4) is 17.0 Å². The third kappa shape index (κ3) is 4.40. The second-order valence-corrected chi connectivity index (χ2v) is 8.58. The molecule has 3 aromatic rings. The largest absolute Gasteiger partial charge is 0.473 e. The molecule has 0 unspecified atom stereocenters. The number of aromatic amines is 1. The Morgan fingerprint density at radius 1 is 1.25 bits per heavy atom. The fourth-order valence-electron chi connectivity index (χ4n) is 4.27. The molecule has 0 saturated carbocycles. The van der Waals surface area contributed by atoms with Gasteiger partial charge in [0.05, 0.1) is 24.0 Å². The normalized spacial score (nSPS) is 18.3. The Labute approximate surface area is 189 Å². The van der Waals surface area contributed by atoms with E-state index in [2.05, 4.69) is 79.8 Å². The zero-order valence-corrected chi connectivity index (χ0v) is 19.4. The molecular weight excluding hydrogens is 400 g/mol. The van der Waals surface area contributed by atoms with Gasteiger partial charge in [-0.05, 0) is 56.1 Å². The molecule has 0 radical (unpaired) electrons. The number of nitrogens with one attached hydrogen (secondary N) is 1. The average molecular weight is 433 g/mol. The van der Waals surface area contributed by atoms with E-state index in [0.29, 0.717) is 25.5 Å². The van der Waals surface area contributed by atoms with Crippen molar-refractivity contribution in [2.75, 3.05) is 20.1 Å². The zero-order chi connectivity index (χ0) is 22.8. The van der Waals surface area contributed by atoms with Crippen LogP contribution in [-0.4, -0.2) is 51.1 Å². The molecule has 2 bridgehead atoms. The van der Waals surface area contributed by atoms with Crippen molar-refractivity contribution in [1.82, 2.24) is 24.9 Å². The first-order valence-corrected chi connectivity index (χ1v) is 11.0. The summed E-state index contributed by atoms with van der Waals surface area (Å²) >= 11 is 0. The smallest absolute Gasteiger partial charge is 0.217 e. The maximum absolute atomic E-state index is 6.25. The fraction of sp³-hybridized carbons (Fsp3) is 0.360. The predicted molar refractivity (Wildman–Crippen MR) is 129 cm³/mol. The summed E-state index contributed by atoms with van der Waals surface area (Å²) in [6, 6.07) is 6.37. The Kier molecular flexibility index (Phi) is 6.30. The van der Waals surface area contributed by atoms with Crippen LogP contribution in [0.1, 0.15) is 35.0 Å². The lowest BCUT2D eigenvalue weighted by molar-refractivity contribution is 0.153. The molecule has 0 fully saturated rings. The van der Waals surface area contributed by atoms with Crippen molar-refractivity contribution >= 4 is 11.6 Å². The first-order valence-electron chi connectivity index (χ1n) is 11.0. The van der Waals surface area contributed by atoms with Gasteiger partial charge < -0.3 is 10.5 Å². The fourth-order valence-corrected chi connectivity index (χ4v) is 4.27. The quantitative estimate of drug-likeness (QED) is 0.644. The number of aromatic nitrogens is 4. The molecule has 7 heteroatoms. The number of rotatable bonds is 2. The summed E-state index contributed by atoms with van der Waals surface area (Å²) in [7, 11) is 2.09. The number of nitrogens with zero attached hydrogens (tertiary/aromatic N) is 4. The van der Waals surface area contributed by atoms with E-state index < -0.39 is 0 Å². The molecule has 7 nitrogen and oxygen atoms in total. The van der Waals surface area contributed by atoms with Gasteiger partial charge >= 0.3 is 0 Å².